The number of nitrogen functional groups attached to an aromatic ring is 1. The summed E-state index contributed by atoms with van der Waals surface area (Å²) in [6.07, 6.45) is 0. The number of ketones is 1. The summed E-state index contributed by atoms with van der Waals surface area (Å²) < 4.78 is 0. The molecule has 0 fully saturated rings. The molecule has 2 N–H and O–H groups in total. The molecule has 0 aliphatic rings. The number of nitrogens with two attached hydrogens (primary N) is 1. The van der Waals surface area contributed by atoms with E-state index in [2.05, 4.69) is 0 Å². The lowest BCUT2D eigenvalue weighted by Crippen LogP contribution is -2.13. The Balaban J connectivity index is 2.49. The van der Waals surface area contributed by atoms with Gasteiger partial charge in [0.05, 0.1) is 0 Å². The third-order valence-corrected chi connectivity index (χ3v) is 3.20. The van der Waals surface area contributed by atoms with Gasteiger partial charge < -0.3 is 10.6 Å². The van der Waals surface area contributed by atoms with Gasteiger partial charge in [0.15, 0.2) is 5.78 Å². The lowest BCUT2D eigenvalue weighted by molar-refractivity contribution is 0.103. The number of carbonyl (C=O) groups is 1. The highest BCUT2D eigenvalue weighted by Gasteiger charge is 2.13. The molecular weight excluding hydrogens is 236 g/mol. The second-order valence-corrected chi connectivity index (χ2v) is 4.80. The Labute approximate surface area is 113 Å². The molecule has 2 aromatic carbocycles. The van der Waals surface area contributed by atoms with Crippen molar-refractivity contribution in [2.24, 2.45) is 0 Å². The number of hydrogen-bond donors (Lipinski definition) is 1. The van der Waals surface area contributed by atoms with Crippen LogP contribution < -0.4 is 10.6 Å². The molecule has 0 aromatic heterocycles. The molecule has 2 rings (SSSR count). The van der Waals surface area contributed by atoms with E-state index in [-0.39, 0.29) is 5.78 Å². The van der Waals surface area contributed by atoms with Crippen LogP contribution in [-0.4, -0.2) is 19.9 Å². The first kappa shape index (κ1) is 13.1. The predicted octanol–water partition coefficient (Wildman–Crippen LogP) is 2.87. The zero-order valence-electron chi connectivity index (χ0n) is 11.5. The Kier molecular flexibility index (Phi) is 3.56. The van der Waals surface area contributed by atoms with Gasteiger partial charge in [0.25, 0.3) is 0 Å². The highest BCUT2D eigenvalue weighted by atomic mass is 16.1. The minimum Gasteiger partial charge on any atom is -0.398 e. The Bertz CT molecular complexity index is 604. The summed E-state index contributed by atoms with van der Waals surface area (Å²) in [5.41, 5.74) is 9.91. The molecule has 0 aliphatic carbocycles. The summed E-state index contributed by atoms with van der Waals surface area (Å²) in [4.78, 5) is 14.4. The molecule has 0 spiro atoms. The monoisotopic (exact) mass is 254 g/mol. The minimum atomic E-state index is -0.00426. The van der Waals surface area contributed by atoms with Gasteiger partial charge in [-0.25, -0.2) is 0 Å². The number of anilines is 2. The maximum absolute atomic E-state index is 12.4. The number of carbonyl (C=O) groups excluding carboxylic acids is 1. The Morgan fingerprint density at radius 1 is 1.05 bits per heavy atom. The van der Waals surface area contributed by atoms with E-state index in [9.17, 15) is 4.79 Å². The van der Waals surface area contributed by atoms with Crippen molar-refractivity contribution in [2.45, 2.75) is 6.92 Å². The maximum atomic E-state index is 12.4. The van der Waals surface area contributed by atoms with Gasteiger partial charge in [0.2, 0.25) is 0 Å². The van der Waals surface area contributed by atoms with Gasteiger partial charge in [-0.05, 0) is 24.6 Å². The van der Waals surface area contributed by atoms with Crippen LogP contribution in [0.15, 0.2) is 42.5 Å². The van der Waals surface area contributed by atoms with E-state index < -0.39 is 0 Å². The van der Waals surface area contributed by atoms with Gasteiger partial charge in [0.1, 0.15) is 0 Å². The van der Waals surface area contributed by atoms with Crippen LogP contribution in [-0.2, 0) is 0 Å². The highest BCUT2D eigenvalue weighted by molar-refractivity contribution is 6.10. The van der Waals surface area contributed by atoms with Crippen LogP contribution in [0.25, 0.3) is 0 Å². The van der Waals surface area contributed by atoms with Crippen LogP contribution in [0.1, 0.15) is 21.5 Å². The van der Waals surface area contributed by atoms with E-state index in [1.807, 2.05) is 62.3 Å². The van der Waals surface area contributed by atoms with Crippen molar-refractivity contribution in [1.29, 1.82) is 0 Å². The number of benzene rings is 2. The topological polar surface area (TPSA) is 46.3 Å². The van der Waals surface area contributed by atoms with Gasteiger partial charge in [-0.15, -0.1) is 0 Å². The molecule has 19 heavy (non-hydrogen) atoms. The zero-order chi connectivity index (χ0) is 14.0. The average Bonchev–Trinajstić information content (AvgIpc) is 2.41. The molecule has 3 heteroatoms. The molecule has 0 heterocycles. The van der Waals surface area contributed by atoms with Crippen molar-refractivity contribution in [2.75, 3.05) is 24.7 Å². The van der Waals surface area contributed by atoms with E-state index in [0.717, 1.165) is 11.3 Å². The fourth-order valence-corrected chi connectivity index (χ4v) is 2.07. The summed E-state index contributed by atoms with van der Waals surface area (Å²) in [5.74, 6) is -0.00426. The van der Waals surface area contributed by atoms with E-state index in [0.29, 0.717) is 16.8 Å². The van der Waals surface area contributed by atoms with Gasteiger partial charge in [-0.3, -0.25) is 4.79 Å². The fraction of sp³-hybridized carbons (Fsp3) is 0.188. The van der Waals surface area contributed by atoms with Crippen LogP contribution in [0.5, 0.6) is 0 Å². The summed E-state index contributed by atoms with van der Waals surface area (Å²) in [7, 11) is 3.89. The Hall–Kier alpha value is -2.29. The summed E-state index contributed by atoms with van der Waals surface area (Å²) in [6.45, 7) is 1.96. The van der Waals surface area contributed by atoms with Gasteiger partial charge in [-0.1, -0.05) is 30.3 Å². The van der Waals surface area contributed by atoms with Crippen LogP contribution in [0, 0.1) is 6.92 Å². The van der Waals surface area contributed by atoms with Crippen molar-refractivity contribution in [1.82, 2.24) is 0 Å². The van der Waals surface area contributed by atoms with Crippen molar-refractivity contribution < 1.29 is 4.79 Å². The van der Waals surface area contributed by atoms with Crippen LogP contribution in [0.2, 0.25) is 0 Å². The maximum Gasteiger partial charge on any atom is 0.193 e. The number of rotatable bonds is 3. The molecular formula is C16H18N2O. The normalized spacial score (nSPS) is 10.3. The van der Waals surface area contributed by atoms with Crippen molar-refractivity contribution >= 4 is 17.2 Å². The van der Waals surface area contributed by atoms with Crippen molar-refractivity contribution in [3.8, 4) is 0 Å². The zero-order valence-corrected chi connectivity index (χ0v) is 11.5. The molecule has 0 amide bonds. The van der Waals surface area contributed by atoms with E-state index >= 15 is 0 Å². The van der Waals surface area contributed by atoms with Gasteiger partial charge in [0, 0.05) is 36.6 Å². The Morgan fingerprint density at radius 2 is 1.68 bits per heavy atom. The number of nitrogens with zero attached hydrogens (tertiary/aromatic N) is 1. The van der Waals surface area contributed by atoms with Gasteiger partial charge >= 0.3 is 0 Å². The third kappa shape index (κ3) is 2.60. The summed E-state index contributed by atoms with van der Waals surface area (Å²) >= 11 is 0. The number of hydrogen-bond acceptors (Lipinski definition) is 3. The third-order valence-electron chi connectivity index (χ3n) is 3.20. The molecule has 0 saturated carbocycles. The smallest absolute Gasteiger partial charge is 0.193 e. The van der Waals surface area contributed by atoms with Crippen molar-refractivity contribution in [3.63, 3.8) is 0 Å². The predicted molar refractivity (Wildman–Crippen MR) is 79.8 cm³/mol. The van der Waals surface area contributed by atoms with Crippen molar-refractivity contribution in [3.05, 3.63) is 59.2 Å². The molecule has 0 aliphatic heterocycles. The lowest BCUT2D eigenvalue weighted by atomic mass is 9.99. The molecule has 98 valence electrons. The lowest BCUT2D eigenvalue weighted by Gasteiger charge is -2.18. The summed E-state index contributed by atoms with van der Waals surface area (Å²) in [5, 5.41) is 0. The summed E-state index contributed by atoms with van der Waals surface area (Å²) in [6, 6.07) is 12.9. The first-order chi connectivity index (χ1) is 9.00. The molecule has 0 saturated heterocycles. The molecule has 0 atom stereocenters. The molecule has 0 radical (unpaired) electrons. The molecule has 2 aromatic rings. The van der Waals surface area contributed by atoms with Crippen LogP contribution >= 0.6 is 0 Å². The highest BCUT2D eigenvalue weighted by Crippen LogP contribution is 2.27. The van der Waals surface area contributed by atoms with Crippen LogP contribution in [0.4, 0.5) is 11.4 Å². The molecule has 0 bridgehead atoms. The first-order valence-electron chi connectivity index (χ1n) is 6.18. The first-order valence-corrected chi connectivity index (χ1v) is 6.18. The SMILES string of the molecule is Cc1c(N)cc(C(=O)c2ccccc2)cc1N(C)C. The molecule has 3 nitrogen and oxygen atoms in total. The van der Waals surface area contributed by atoms with E-state index in [1.165, 1.54) is 0 Å². The standard InChI is InChI=1S/C16H18N2O/c1-11-14(17)9-13(10-15(11)18(2)3)16(19)12-7-5-4-6-8-12/h4-10H,17H2,1-3H3. The quantitative estimate of drug-likeness (QED) is 0.676. The second kappa shape index (κ2) is 5.14. The molecule has 0 unspecified atom stereocenters. The van der Waals surface area contributed by atoms with E-state index in [4.69, 9.17) is 5.73 Å². The average molecular weight is 254 g/mol. The Morgan fingerprint density at radius 3 is 2.26 bits per heavy atom. The van der Waals surface area contributed by atoms with E-state index in [1.54, 1.807) is 6.07 Å². The fourth-order valence-electron chi connectivity index (χ4n) is 2.07. The van der Waals surface area contributed by atoms with Crippen LogP contribution in [0.3, 0.4) is 0 Å². The minimum absolute atomic E-state index is 0.00426. The van der Waals surface area contributed by atoms with Gasteiger partial charge in [-0.2, -0.15) is 0 Å². The largest absolute Gasteiger partial charge is 0.398 e. The second-order valence-electron chi connectivity index (χ2n) is 4.80.